The van der Waals surface area contributed by atoms with Gasteiger partial charge in [0.15, 0.2) is 0 Å². The highest BCUT2D eigenvalue weighted by molar-refractivity contribution is 9.10. The van der Waals surface area contributed by atoms with Gasteiger partial charge < -0.3 is 10.2 Å². The maximum atomic E-state index is 9.93. The Morgan fingerprint density at radius 2 is 1.55 bits per heavy atom. The summed E-state index contributed by atoms with van der Waals surface area (Å²) in [4.78, 5) is 0. The lowest BCUT2D eigenvalue weighted by atomic mass is 9.75. The van der Waals surface area contributed by atoms with Crippen LogP contribution in [0.4, 0.5) is 0 Å². The van der Waals surface area contributed by atoms with E-state index in [4.69, 9.17) is 0 Å². The fraction of sp³-hybridized carbons (Fsp3) is 0.294. The van der Waals surface area contributed by atoms with E-state index < -0.39 is 5.41 Å². The summed E-state index contributed by atoms with van der Waals surface area (Å²) in [5, 5.41) is 19.9. The van der Waals surface area contributed by atoms with Crippen LogP contribution in [0.25, 0.3) is 0 Å². The van der Waals surface area contributed by atoms with Crippen molar-refractivity contribution in [1.29, 1.82) is 0 Å². The first-order valence-electron chi connectivity index (χ1n) is 6.64. The highest BCUT2D eigenvalue weighted by Crippen LogP contribution is 2.32. The zero-order valence-corrected chi connectivity index (χ0v) is 13.1. The van der Waals surface area contributed by atoms with Crippen LogP contribution < -0.4 is 0 Å². The lowest BCUT2D eigenvalue weighted by Gasteiger charge is -2.32. The smallest absolute Gasteiger partial charge is 0.0553 e. The largest absolute Gasteiger partial charge is 0.395 e. The Kier molecular flexibility index (Phi) is 4.97. The molecule has 2 aromatic carbocycles. The Morgan fingerprint density at radius 3 is 2.15 bits per heavy atom. The van der Waals surface area contributed by atoms with Crippen LogP contribution in [-0.2, 0) is 11.8 Å². The van der Waals surface area contributed by atoms with Crippen LogP contribution in [-0.4, -0.2) is 23.4 Å². The van der Waals surface area contributed by atoms with Crippen molar-refractivity contribution >= 4 is 15.9 Å². The minimum atomic E-state index is -0.658. The molecule has 2 N–H and O–H groups in total. The number of hydrogen-bond donors (Lipinski definition) is 2. The number of halogens is 1. The molecule has 0 radical (unpaired) electrons. The zero-order chi connectivity index (χ0) is 14.6. The van der Waals surface area contributed by atoms with Crippen LogP contribution in [0.3, 0.4) is 0 Å². The summed E-state index contributed by atoms with van der Waals surface area (Å²) in [5.41, 5.74) is 2.51. The minimum Gasteiger partial charge on any atom is -0.395 e. The average molecular weight is 335 g/mol. The Hall–Kier alpha value is -1.16. The summed E-state index contributed by atoms with van der Waals surface area (Å²) in [7, 11) is 0. The molecule has 3 heteroatoms. The number of aliphatic hydroxyl groups is 2. The molecule has 0 saturated heterocycles. The summed E-state index contributed by atoms with van der Waals surface area (Å²) in [6, 6.07) is 15.8. The third-order valence-corrected chi connectivity index (χ3v) is 4.58. The third kappa shape index (κ3) is 2.95. The van der Waals surface area contributed by atoms with E-state index in [1.807, 2.05) is 55.5 Å². The molecule has 0 amide bonds. The van der Waals surface area contributed by atoms with Gasteiger partial charge in [-0.05, 0) is 36.1 Å². The predicted octanol–water partition coefficient (Wildman–Crippen LogP) is 3.22. The normalized spacial score (nSPS) is 11.6. The second-order valence-electron chi connectivity index (χ2n) is 5.18. The molecule has 0 atom stereocenters. The molecule has 2 rings (SSSR count). The number of aliphatic hydroxyl groups excluding tert-OH is 2. The lowest BCUT2D eigenvalue weighted by Crippen LogP contribution is -2.38. The van der Waals surface area contributed by atoms with E-state index in [0.29, 0.717) is 6.42 Å². The van der Waals surface area contributed by atoms with Gasteiger partial charge in [-0.2, -0.15) is 0 Å². The molecular weight excluding hydrogens is 316 g/mol. The number of rotatable bonds is 5. The van der Waals surface area contributed by atoms with Gasteiger partial charge in [-0.15, -0.1) is 0 Å². The second-order valence-corrected chi connectivity index (χ2v) is 6.03. The van der Waals surface area contributed by atoms with Gasteiger partial charge in [0.2, 0.25) is 0 Å². The Bertz CT molecular complexity index is 577. The van der Waals surface area contributed by atoms with Crippen molar-refractivity contribution in [3.63, 3.8) is 0 Å². The standard InChI is InChI=1S/C17H19BrO2/c1-13-6-2-4-8-15(13)17(11-19,12-20)10-14-7-3-5-9-16(14)18/h2-9,19-20H,10-12H2,1H3. The summed E-state index contributed by atoms with van der Waals surface area (Å²) in [6.45, 7) is 1.83. The van der Waals surface area contributed by atoms with Gasteiger partial charge in [0.05, 0.1) is 13.2 Å². The maximum absolute atomic E-state index is 9.93. The average Bonchev–Trinajstić information content (AvgIpc) is 2.48. The summed E-state index contributed by atoms with van der Waals surface area (Å²) < 4.78 is 1.000. The van der Waals surface area contributed by atoms with Crippen molar-refractivity contribution in [1.82, 2.24) is 0 Å². The van der Waals surface area contributed by atoms with Crippen LogP contribution >= 0.6 is 15.9 Å². The van der Waals surface area contributed by atoms with E-state index >= 15 is 0 Å². The minimum absolute atomic E-state index is 0.0876. The first-order chi connectivity index (χ1) is 9.63. The predicted molar refractivity (Wildman–Crippen MR) is 84.9 cm³/mol. The van der Waals surface area contributed by atoms with Crippen LogP contribution in [0.15, 0.2) is 53.0 Å². The zero-order valence-electron chi connectivity index (χ0n) is 11.5. The monoisotopic (exact) mass is 334 g/mol. The number of aryl methyl sites for hydroxylation is 1. The maximum Gasteiger partial charge on any atom is 0.0553 e. The quantitative estimate of drug-likeness (QED) is 0.881. The fourth-order valence-corrected chi connectivity index (χ4v) is 3.03. The summed E-state index contributed by atoms with van der Waals surface area (Å²) in [6.07, 6.45) is 0.590. The molecule has 106 valence electrons. The summed E-state index contributed by atoms with van der Waals surface area (Å²) >= 11 is 3.54. The van der Waals surface area contributed by atoms with Crippen molar-refractivity contribution < 1.29 is 10.2 Å². The first-order valence-corrected chi connectivity index (χ1v) is 7.43. The van der Waals surface area contributed by atoms with Crippen LogP contribution in [0.5, 0.6) is 0 Å². The van der Waals surface area contributed by atoms with Crippen molar-refractivity contribution in [2.24, 2.45) is 0 Å². The molecule has 2 aromatic rings. The van der Waals surface area contributed by atoms with Crippen molar-refractivity contribution in [3.8, 4) is 0 Å². The van der Waals surface area contributed by atoms with Crippen molar-refractivity contribution in [3.05, 3.63) is 69.7 Å². The van der Waals surface area contributed by atoms with E-state index in [0.717, 1.165) is 21.2 Å². The highest BCUT2D eigenvalue weighted by Gasteiger charge is 2.33. The van der Waals surface area contributed by atoms with E-state index in [2.05, 4.69) is 15.9 Å². The molecular formula is C17H19BrO2. The Morgan fingerprint density at radius 1 is 0.950 bits per heavy atom. The van der Waals surface area contributed by atoms with E-state index in [1.165, 1.54) is 0 Å². The van der Waals surface area contributed by atoms with Gasteiger partial charge in [0, 0.05) is 9.89 Å². The first kappa shape index (κ1) is 15.2. The Labute approximate surface area is 128 Å². The SMILES string of the molecule is Cc1ccccc1C(CO)(CO)Cc1ccccc1Br. The molecule has 0 bridgehead atoms. The molecule has 0 saturated carbocycles. The Balaban J connectivity index is 2.46. The third-order valence-electron chi connectivity index (χ3n) is 3.81. The fourth-order valence-electron chi connectivity index (χ4n) is 2.60. The summed E-state index contributed by atoms with van der Waals surface area (Å²) in [5.74, 6) is 0. The van der Waals surface area contributed by atoms with E-state index in [-0.39, 0.29) is 13.2 Å². The van der Waals surface area contributed by atoms with Gasteiger partial charge in [-0.3, -0.25) is 0 Å². The molecule has 0 fully saturated rings. The lowest BCUT2D eigenvalue weighted by molar-refractivity contribution is 0.115. The molecule has 0 aliphatic carbocycles. The number of benzene rings is 2. The second kappa shape index (κ2) is 6.53. The van der Waals surface area contributed by atoms with Crippen molar-refractivity contribution in [2.45, 2.75) is 18.8 Å². The molecule has 0 aliphatic heterocycles. The van der Waals surface area contributed by atoms with Crippen LogP contribution in [0.1, 0.15) is 16.7 Å². The topological polar surface area (TPSA) is 40.5 Å². The van der Waals surface area contributed by atoms with E-state index in [1.54, 1.807) is 0 Å². The van der Waals surface area contributed by atoms with Crippen molar-refractivity contribution in [2.75, 3.05) is 13.2 Å². The molecule has 0 aromatic heterocycles. The molecule has 0 spiro atoms. The van der Waals surface area contributed by atoms with Gasteiger partial charge in [0.25, 0.3) is 0 Å². The molecule has 2 nitrogen and oxygen atoms in total. The van der Waals surface area contributed by atoms with Gasteiger partial charge >= 0.3 is 0 Å². The van der Waals surface area contributed by atoms with Gasteiger partial charge in [-0.25, -0.2) is 0 Å². The molecule has 0 aliphatic rings. The van der Waals surface area contributed by atoms with Gasteiger partial charge in [0.1, 0.15) is 0 Å². The molecule has 0 heterocycles. The van der Waals surface area contributed by atoms with E-state index in [9.17, 15) is 10.2 Å². The van der Waals surface area contributed by atoms with Crippen LogP contribution in [0.2, 0.25) is 0 Å². The molecule has 20 heavy (non-hydrogen) atoms. The van der Waals surface area contributed by atoms with Crippen LogP contribution in [0, 0.1) is 6.92 Å². The van der Waals surface area contributed by atoms with Gasteiger partial charge in [-0.1, -0.05) is 58.4 Å². The molecule has 0 unspecified atom stereocenters. The highest BCUT2D eigenvalue weighted by atomic mass is 79.9. The number of hydrogen-bond acceptors (Lipinski definition) is 2.